The summed E-state index contributed by atoms with van der Waals surface area (Å²) in [4.78, 5) is 0. The van der Waals surface area contributed by atoms with Crippen LogP contribution in [0.4, 0.5) is 0 Å². The molecule has 12 heavy (non-hydrogen) atoms. The van der Waals surface area contributed by atoms with Gasteiger partial charge in [-0.3, -0.25) is 0 Å². The molecule has 2 unspecified atom stereocenters. The van der Waals surface area contributed by atoms with Crippen LogP contribution < -0.4 is 5.73 Å². The Bertz CT molecular complexity index is 128. The van der Waals surface area contributed by atoms with Gasteiger partial charge < -0.3 is 10.5 Å². The molecule has 0 bridgehead atoms. The second-order valence-corrected chi connectivity index (χ2v) is 4.20. The van der Waals surface area contributed by atoms with E-state index in [2.05, 4.69) is 13.8 Å². The van der Waals surface area contributed by atoms with E-state index in [1.165, 1.54) is 19.3 Å². The van der Waals surface area contributed by atoms with E-state index in [9.17, 15) is 0 Å². The lowest BCUT2D eigenvalue weighted by atomic mass is 9.90. The van der Waals surface area contributed by atoms with Gasteiger partial charge in [-0.15, -0.1) is 0 Å². The first-order valence-corrected chi connectivity index (χ1v) is 5.04. The highest BCUT2D eigenvalue weighted by molar-refractivity contribution is 4.81. The van der Waals surface area contributed by atoms with Crippen molar-refractivity contribution < 1.29 is 4.74 Å². The molecule has 1 aliphatic heterocycles. The first-order valence-electron chi connectivity index (χ1n) is 5.04. The number of ether oxygens (including phenoxy) is 1. The second-order valence-electron chi connectivity index (χ2n) is 4.20. The van der Waals surface area contributed by atoms with Gasteiger partial charge in [-0.2, -0.15) is 0 Å². The molecule has 0 saturated carbocycles. The van der Waals surface area contributed by atoms with E-state index in [0.29, 0.717) is 6.10 Å². The van der Waals surface area contributed by atoms with E-state index in [-0.39, 0.29) is 5.54 Å². The highest BCUT2D eigenvalue weighted by Gasteiger charge is 2.23. The van der Waals surface area contributed by atoms with Crippen LogP contribution in [0.2, 0.25) is 0 Å². The normalized spacial score (nSPS) is 29.8. The van der Waals surface area contributed by atoms with Crippen LogP contribution in [0.15, 0.2) is 0 Å². The molecular weight excluding hydrogens is 150 g/mol. The predicted octanol–water partition coefficient (Wildman–Crippen LogP) is 2.07. The maximum Gasteiger partial charge on any atom is 0.0592 e. The molecular formula is C10H21NO. The van der Waals surface area contributed by atoms with Crippen LogP contribution in [0.3, 0.4) is 0 Å². The van der Waals surface area contributed by atoms with Gasteiger partial charge in [-0.25, -0.2) is 0 Å². The van der Waals surface area contributed by atoms with Crippen molar-refractivity contribution in [2.75, 3.05) is 6.61 Å². The third kappa shape index (κ3) is 3.11. The van der Waals surface area contributed by atoms with Crippen LogP contribution in [0.5, 0.6) is 0 Å². The lowest BCUT2D eigenvalue weighted by molar-refractivity contribution is -0.000924. The van der Waals surface area contributed by atoms with Gasteiger partial charge in [0.15, 0.2) is 0 Å². The number of rotatable bonds is 3. The minimum absolute atomic E-state index is 0.0258. The Morgan fingerprint density at radius 2 is 2.25 bits per heavy atom. The predicted molar refractivity (Wildman–Crippen MR) is 51.1 cm³/mol. The molecule has 0 spiro atoms. The molecule has 1 saturated heterocycles. The topological polar surface area (TPSA) is 35.2 Å². The summed E-state index contributed by atoms with van der Waals surface area (Å²) in [7, 11) is 0. The van der Waals surface area contributed by atoms with E-state index < -0.39 is 0 Å². The largest absolute Gasteiger partial charge is 0.378 e. The van der Waals surface area contributed by atoms with Gasteiger partial charge in [0.25, 0.3) is 0 Å². The average Bonchev–Trinajstić information content (AvgIpc) is 2.06. The van der Waals surface area contributed by atoms with Crippen molar-refractivity contribution >= 4 is 0 Å². The van der Waals surface area contributed by atoms with Crippen LogP contribution in [0.25, 0.3) is 0 Å². The Morgan fingerprint density at radius 1 is 1.50 bits per heavy atom. The molecule has 1 rings (SSSR count). The molecule has 1 heterocycles. The molecule has 2 atom stereocenters. The molecule has 1 fully saturated rings. The standard InChI is InChI=1S/C10H21NO/c1-3-10(2,11)8-9-6-4-5-7-12-9/h9H,3-8,11H2,1-2H3. The highest BCUT2D eigenvalue weighted by atomic mass is 16.5. The van der Waals surface area contributed by atoms with Gasteiger partial charge in [0.05, 0.1) is 6.10 Å². The zero-order valence-corrected chi connectivity index (χ0v) is 8.31. The molecule has 1 aliphatic rings. The molecule has 72 valence electrons. The smallest absolute Gasteiger partial charge is 0.0592 e. The van der Waals surface area contributed by atoms with Gasteiger partial charge in [0, 0.05) is 12.1 Å². The van der Waals surface area contributed by atoms with E-state index in [1.807, 2.05) is 0 Å². The van der Waals surface area contributed by atoms with Gasteiger partial charge in [0.2, 0.25) is 0 Å². The molecule has 2 heteroatoms. The van der Waals surface area contributed by atoms with Crippen molar-refractivity contribution in [2.45, 2.75) is 57.6 Å². The SMILES string of the molecule is CCC(C)(N)CC1CCCCO1. The number of hydrogen-bond acceptors (Lipinski definition) is 2. The summed E-state index contributed by atoms with van der Waals surface area (Å²) < 4.78 is 5.64. The van der Waals surface area contributed by atoms with Crippen LogP contribution in [-0.4, -0.2) is 18.2 Å². The molecule has 0 radical (unpaired) electrons. The third-order valence-corrected chi connectivity index (χ3v) is 2.78. The van der Waals surface area contributed by atoms with Crippen LogP contribution >= 0.6 is 0 Å². The van der Waals surface area contributed by atoms with Crippen molar-refractivity contribution in [1.82, 2.24) is 0 Å². The molecule has 0 amide bonds. The summed E-state index contributed by atoms with van der Waals surface area (Å²) in [5.41, 5.74) is 6.04. The Hall–Kier alpha value is -0.0800. The second kappa shape index (κ2) is 4.24. The summed E-state index contributed by atoms with van der Waals surface area (Å²) in [6, 6.07) is 0. The average molecular weight is 171 g/mol. The van der Waals surface area contributed by atoms with Crippen LogP contribution in [0.1, 0.15) is 46.0 Å². The first kappa shape index (κ1) is 10.0. The van der Waals surface area contributed by atoms with E-state index in [0.717, 1.165) is 19.4 Å². The van der Waals surface area contributed by atoms with Crippen molar-refractivity contribution in [3.63, 3.8) is 0 Å². The fourth-order valence-corrected chi connectivity index (χ4v) is 1.63. The Kier molecular flexibility index (Phi) is 3.53. The zero-order chi connectivity index (χ0) is 9.03. The van der Waals surface area contributed by atoms with Gasteiger partial charge in [-0.05, 0) is 39.0 Å². The Morgan fingerprint density at radius 3 is 2.75 bits per heavy atom. The maximum absolute atomic E-state index is 6.07. The van der Waals surface area contributed by atoms with Crippen LogP contribution in [-0.2, 0) is 4.74 Å². The maximum atomic E-state index is 6.07. The summed E-state index contributed by atoms with van der Waals surface area (Å²) in [5.74, 6) is 0. The Balaban J connectivity index is 2.28. The summed E-state index contributed by atoms with van der Waals surface area (Å²) in [6.45, 7) is 5.19. The van der Waals surface area contributed by atoms with E-state index in [4.69, 9.17) is 10.5 Å². The van der Waals surface area contributed by atoms with Crippen LogP contribution in [0, 0.1) is 0 Å². The highest BCUT2D eigenvalue weighted by Crippen LogP contribution is 2.22. The van der Waals surface area contributed by atoms with E-state index in [1.54, 1.807) is 0 Å². The lowest BCUT2D eigenvalue weighted by Gasteiger charge is -2.30. The van der Waals surface area contributed by atoms with Crippen molar-refractivity contribution in [3.05, 3.63) is 0 Å². The minimum atomic E-state index is -0.0258. The zero-order valence-electron chi connectivity index (χ0n) is 8.31. The fraction of sp³-hybridized carbons (Fsp3) is 1.00. The van der Waals surface area contributed by atoms with E-state index >= 15 is 0 Å². The molecule has 0 aliphatic carbocycles. The van der Waals surface area contributed by atoms with Gasteiger partial charge in [0.1, 0.15) is 0 Å². The first-order chi connectivity index (χ1) is 5.64. The number of hydrogen-bond donors (Lipinski definition) is 1. The lowest BCUT2D eigenvalue weighted by Crippen LogP contribution is -2.40. The molecule has 0 aromatic carbocycles. The quantitative estimate of drug-likeness (QED) is 0.705. The molecule has 2 N–H and O–H groups in total. The van der Waals surface area contributed by atoms with Gasteiger partial charge in [-0.1, -0.05) is 6.92 Å². The Labute approximate surface area is 75.5 Å². The monoisotopic (exact) mass is 171 g/mol. The summed E-state index contributed by atoms with van der Waals surface area (Å²) in [5, 5.41) is 0. The molecule has 0 aromatic heterocycles. The van der Waals surface area contributed by atoms with Gasteiger partial charge >= 0.3 is 0 Å². The molecule has 2 nitrogen and oxygen atoms in total. The van der Waals surface area contributed by atoms with Crippen molar-refractivity contribution in [1.29, 1.82) is 0 Å². The fourth-order valence-electron chi connectivity index (χ4n) is 1.63. The summed E-state index contributed by atoms with van der Waals surface area (Å²) in [6.07, 6.45) is 6.21. The summed E-state index contributed by atoms with van der Waals surface area (Å²) >= 11 is 0. The van der Waals surface area contributed by atoms with Crippen molar-refractivity contribution in [2.24, 2.45) is 5.73 Å². The molecule has 0 aromatic rings. The van der Waals surface area contributed by atoms with Crippen molar-refractivity contribution in [3.8, 4) is 0 Å². The number of nitrogens with two attached hydrogens (primary N) is 1. The third-order valence-electron chi connectivity index (χ3n) is 2.78. The minimum Gasteiger partial charge on any atom is -0.378 e.